The summed E-state index contributed by atoms with van der Waals surface area (Å²) >= 11 is 0. The molecule has 2 N–H and O–H groups in total. The Morgan fingerprint density at radius 2 is 1.83 bits per heavy atom. The van der Waals surface area contributed by atoms with Crippen LogP contribution in [0.3, 0.4) is 0 Å². The smallest absolute Gasteiger partial charge is 0.272 e. The maximum atomic E-state index is 12.9. The first-order chi connectivity index (χ1) is 14.1. The number of carbonyl (C=O) groups is 2. The van der Waals surface area contributed by atoms with Gasteiger partial charge < -0.3 is 10.1 Å². The zero-order chi connectivity index (χ0) is 20.5. The monoisotopic (exact) mass is 392 g/mol. The number of hydrazone groups is 1. The van der Waals surface area contributed by atoms with Crippen molar-refractivity contribution < 1.29 is 18.7 Å². The van der Waals surface area contributed by atoms with Crippen molar-refractivity contribution in [3.63, 3.8) is 0 Å². The Kier molecular flexibility index (Phi) is 6.62. The molecule has 3 aromatic rings. The first kappa shape index (κ1) is 19.7. The van der Waals surface area contributed by atoms with Gasteiger partial charge in [0.2, 0.25) is 0 Å². The van der Waals surface area contributed by atoms with Crippen molar-refractivity contribution in [2.75, 3.05) is 11.9 Å². The van der Waals surface area contributed by atoms with Crippen LogP contribution < -0.4 is 15.5 Å². The minimum absolute atomic E-state index is 0.189. The van der Waals surface area contributed by atoms with E-state index < -0.39 is 0 Å². The average molecular weight is 392 g/mol. The zero-order valence-corrected chi connectivity index (χ0v) is 15.2. The van der Waals surface area contributed by atoms with E-state index in [0.717, 1.165) is 5.56 Å². The maximum Gasteiger partial charge on any atom is 0.272 e. The van der Waals surface area contributed by atoms with Crippen molar-refractivity contribution in [3.8, 4) is 5.75 Å². The van der Waals surface area contributed by atoms with E-state index in [1.807, 2.05) is 0 Å². The van der Waals surface area contributed by atoms with E-state index >= 15 is 0 Å². The standard InChI is InChI=1S/C21H17FN4O3/c22-17-5-7-18(8-6-17)25-20(27)14-29-19-9-3-15(4-10-19)12-24-26-21(28)16-2-1-11-23-13-16/h1-13H,14H2,(H,25,27)(H,26,28)/b24-12-. The summed E-state index contributed by atoms with van der Waals surface area (Å²) in [7, 11) is 0. The fourth-order valence-corrected chi connectivity index (χ4v) is 2.26. The number of hydrogen-bond donors (Lipinski definition) is 2. The normalized spacial score (nSPS) is 10.5. The molecule has 0 aliphatic heterocycles. The van der Waals surface area contributed by atoms with Gasteiger partial charge in [-0.3, -0.25) is 14.6 Å². The van der Waals surface area contributed by atoms with Crippen LogP contribution in [0.5, 0.6) is 5.75 Å². The van der Waals surface area contributed by atoms with Crippen LogP contribution in [0.15, 0.2) is 78.2 Å². The van der Waals surface area contributed by atoms with Crippen molar-refractivity contribution >= 4 is 23.7 Å². The van der Waals surface area contributed by atoms with E-state index in [-0.39, 0.29) is 24.2 Å². The molecule has 0 spiro atoms. The zero-order valence-electron chi connectivity index (χ0n) is 15.2. The molecule has 2 aromatic carbocycles. The van der Waals surface area contributed by atoms with Crippen molar-refractivity contribution in [2.24, 2.45) is 5.10 Å². The number of anilines is 1. The SMILES string of the molecule is O=C(COc1ccc(/C=N\NC(=O)c2cccnc2)cc1)Nc1ccc(F)cc1. The highest BCUT2D eigenvalue weighted by Crippen LogP contribution is 2.12. The third-order valence-electron chi connectivity index (χ3n) is 3.68. The lowest BCUT2D eigenvalue weighted by Crippen LogP contribution is -2.20. The minimum Gasteiger partial charge on any atom is -0.484 e. The molecule has 2 amide bonds. The number of carbonyl (C=O) groups excluding carboxylic acids is 2. The molecule has 0 unspecified atom stereocenters. The first-order valence-electron chi connectivity index (χ1n) is 8.62. The van der Waals surface area contributed by atoms with Gasteiger partial charge in [0.25, 0.3) is 11.8 Å². The Morgan fingerprint density at radius 1 is 1.07 bits per heavy atom. The molecule has 0 fully saturated rings. The topological polar surface area (TPSA) is 92.7 Å². The van der Waals surface area contributed by atoms with Crippen molar-refractivity contribution in [3.05, 3.63) is 90.0 Å². The quantitative estimate of drug-likeness (QED) is 0.478. The third kappa shape index (κ3) is 6.24. The van der Waals surface area contributed by atoms with E-state index in [4.69, 9.17) is 4.74 Å². The van der Waals surface area contributed by atoms with Gasteiger partial charge in [-0.15, -0.1) is 0 Å². The van der Waals surface area contributed by atoms with Crippen LogP contribution in [0.2, 0.25) is 0 Å². The van der Waals surface area contributed by atoms with Crippen LogP contribution in [-0.4, -0.2) is 29.6 Å². The molecule has 3 rings (SSSR count). The summed E-state index contributed by atoms with van der Waals surface area (Å²) < 4.78 is 18.3. The summed E-state index contributed by atoms with van der Waals surface area (Å²) in [4.78, 5) is 27.6. The van der Waals surface area contributed by atoms with E-state index in [9.17, 15) is 14.0 Å². The predicted molar refractivity (Wildman–Crippen MR) is 106 cm³/mol. The molecule has 146 valence electrons. The average Bonchev–Trinajstić information content (AvgIpc) is 2.75. The van der Waals surface area contributed by atoms with Crippen LogP contribution in [0.25, 0.3) is 0 Å². The Morgan fingerprint density at radius 3 is 2.52 bits per heavy atom. The highest BCUT2D eigenvalue weighted by molar-refractivity contribution is 5.94. The van der Waals surface area contributed by atoms with Gasteiger partial charge in [-0.1, -0.05) is 0 Å². The lowest BCUT2D eigenvalue weighted by molar-refractivity contribution is -0.118. The summed E-state index contributed by atoms with van der Waals surface area (Å²) in [5.74, 6) is -0.600. The molecule has 7 nitrogen and oxygen atoms in total. The molecule has 0 aliphatic carbocycles. The Hall–Kier alpha value is -4.07. The van der Waals surface area contributed by atoms with E-state index in [1.54, 1.807) is 42.6 Å². The van der Waals surface area contributed by atoms with Gasteiger partial charge >= 0.3 is 0 Å². The third-order valence-corrected chi connectivity index (χ3v) is 3.68. The maximum absolute atomic E-state index is 12.9. The highest BCUT2D eigenvalue weighted by Gasteiger charge is 2.05. The number of halogens is 1. The summed E-state index contributed by atoms with van der Waals surface area (Å²) in [6.45, 7) is -0.189. The molecule has 29 heavy (non-hydrogen) atoms. The fourth-order valence-electron chi connectivity index (χ4n) is 2.26. The summed E-state index contributed by atoms with van der Waals surface area (Å²) in [6.07, 6.45) is 4.51. The van der Waals surface area contributed by atoms with Crippen molar-refractivity contribution in [1.82, 2.24) is 10.4 Å². The number of hydrogen-bond acceptors (Lipinski definition) is 5. The van der Waals surface area contributed by atoms with Gasteiger partial charge in [0.05, 0.1) is 11.8 Å². The Bertz CT molecular complexity index is 991. The molecule has 0 saturated heterocycles. The summed E-state index contributed by atoms with van der Waals surface area (Å²) in [5, 5.41) is 6.50. The molecule has 0 aliphatic rings. The van der Waals surface area contributed by atoms with Crippen LogP contribution in [-0.2, 0) is 4.79 Å². The number of amides is 2. The molecule has 0 saturated carbocycles. The molecule has 1 heterocycles. The molecule has 1 aromatic heterocycles. The number of aromatic nitrogens is 1. The number of nitrogens with one attached hydrogen (secondary N) is 2. The van der Waals surface area contributed by atoms with Gasteiger partial charge in [-0.2, -0.15) is 5.10 Å². The second-order valence-electron chi connectivity index (χ2n) is 5.85. The Labute approximate surface area is 166 Å². The summed E-state index contributed by atoms with van der Waals surface area (Å²) in [6, 6.07) is 15.6. The van der Waals surface area contributed by atoms with Gasteiger partial charge in [-0.05, 0) is 66.2 Å². The molecule has 0 radical (unpaired) electrons. The predicted octanol–water partition coefficient (Wildman–Crippen LogP) is 3.00. The van der Waals surface area contributed by atoms with E-state index in [0.29, 0.717) is 17.0 Å². The van der Waals surface area contributed by atoms with Crippen LogP contribution >= 0.6 is 0 Å². The Balaban J connectivity index is 1.45. The summed E-state index contributed by atoms with van der Waals surface area (Å²) in [5.41, 5.74) is 4.04. The second kappa shape index (κ2) is 9.75. The number of rotatable bonds is 7. The lowest BCUT2D eigenvalue weighted by atomic mass is 10.2. The number of nitrogens with zero attached hydrogens (tertiary/aromatic N) is 2. The largest absolute Gasteiger partial charge is 0.484 e. The van der Waals surface area contributed by atoms with Gasteiger partial charge in [-0.25, -0.2) is 9.82 Å². The molecule has 0 bridgehead atoms. The number of ether oxygens (including phenoxy) is 1. The van der Waals surface area contributed by atoms with Gasteiger partial charge in [0, 0.05) is 18.1 Å². The molecule has 8 heteroatoms. The number of pyridine rings is 1. The highest BCUT2D eigenvalue weighted by atomic mass is 19.1. The molecule has 0 atom stereocenters. The van der Waals surface area contributed by atoms with Crippen LogP contribution in [0, 0.1) is 5.82 Å². The van der Waals surface area contributed by atoms with Crippen molar-refractivity contribution in [1.29, 1.82) is 0 Å². The second-order valence-corrected chi connectivity index (χ2v) is 5.85. The fraction of sp³-hybridized carbons (Fsp3) is 0.0476. The lowest BCUT2D eigenvalue weighted by Gasteiger charge is -2.07. The minimum atomic E-state index is -0.375. The van der Waals surface area contributed by atoms with Crippen LogP contribution in [0.4, 0.5) is 10.1 Å². The molecular formula is C21H17FN4O3. The van der Waals surface area contributed by atoms with Gasteiger partial charge in [0.15, 0.2) is 6.61 Å². The van der Waals surface area contributed by atoms with Gasteiger partial charge in [0.1, 0.15) is 11.6 Å². The number of benzene rings is 2. The van der Waals surface area contributed by atoms with Crippen molar-refractivity contribution in [2.45, 2.75) is 0 Å². The van der Waals surface area contributed by atoms with E-state index in [1.165, 1.54) is 36.7 Å². The first-order valence-corrected chi connectivity index (χ1v) is 8.62. The molecular weight excluding hydrogens is 375 g/mol. The van der Waals surface area contributed by atoms with E-state index in [2.05, 4.69) is 20.8 Å². The van der Waals surface area contributed by atoms with Crippen LogP contribution in [0.1, 0.15) is 15.9 Å².